The summed E-state index contributed by atoms with van der Waals surface area (Å²) >= 11 is 0. The van der Waals surface area contributed by atoms with E-state index in [1.165, 1.54) is 0 Å². The van der Waals surface area contributed by atoms with Gasteiger partial charge in [-0.2, -0.15) is 5.10 Å². The van der Waals surface area contributed by atoms with Gasteiger partial charge in [0.2, 0.25) is 6.10 Å². The van der Waals surface area contributed by atoms with Crippen LogP contribution in [0, 0.1) is 0 Å². The molecule has 144 valence electrons. The smallest absolute Gasteiger partial charge is 0.329 e. The molecule has 0 aromatic heterocycles. The molecule has 1 saturated heterocycles. The molecule has 1 fully saturated rings. The molecule has 0 saturated carbocycles. The van der Waals surface area contributed by atoms with Gasteiger partial charge in [-0.15, -0.1) is 0 Å². The zero-order valence-corrected chi connectivity index (χ0v) is 14.8. The monoisotopic (exact) mass is 374 g/mol. The predicted octanol–water partition coefficient (Wildman–Crippen LogP) is 0.564. The van der Waals surface area contributed by atoms with Gasteiger partial charge in [0, 0.05) is 19.5 Å². The van der Waals surface area contributed by atoms with Crippen LogP contribution in [-0.2, 0) is 19.2 Å². The number of carbonyl (C=O) groups is 2. The average molecular weight is 374 g/mol. The number of hydrogen-bond acceptors (Lipinski definition) is 7. The minimum absolute atomic E-state index is 0.0997. The van der Waals surface area contributed by atoms with Crippen molar-refractivity contribution in [3.8, 4) is 0 Å². The number of ether oxygens (including phenoxy) is 1. The van der Waals surface area contributed by atoms with Crippen molar-refractivity contribution in [3.63, 3.8) is 0 Å². The number of hydrazone groups is 1. The van der Waals surface area contributed by atoms with Gasteiger partial charge in [-0.3, -0.25) is 4.79 Å². The Labute approximate surface area is 156 Å². The van der Waals surface area contributed by atoms with Crippen molar-refractivity contribution in [2.45, 2.75) is 31.5 Å². The minimum atomic E-state index is -0.985. The van der Waals surface area contributed by atoms with E-state index in [4.69, 9.17) is 20.5 Å². The van der Waals surface area contributed by atoms with Crippen LogP contribution in [0.15, 0.2) is 34.5 Å². The van der Waals surface area contributed by atoms with Gasteiger partial charge in [-0.05, 0) is 24.0 Å². The summed E-state index contributed by atoms with van der Waals surface area (Å²) in [6.45, 7) is 0.730. The highest BCUT2D eigenvalue weighted by molar-refractivity contribution is 6.04. The lowest BCUT2D eigenvalue weighted by atomic mass is 10.0. The molecule has 1 amide bonds. The maximum absolute atomic E-state index is 12.7. The molecular weight excluding hydrogens is 352 g/mol. The summed E-state index contributed by atoms with van der Waals surface area (Å²) in [6, 6.07) is 7.51. The fourth-order valence-electron chi connectivity index (χ4n) is 3.16. The van der Waals surface area contributed by atoms with Crippen LogP contribution in [-0.4, -0.2) is 65.7 Å². The number of rotatable bonds is 6. The fraction of sp³-hybridized carbons (Fsp3) is 0.444. The van der Waals surface area contributed by atoms with E-state index in [-0.39, 0.29) is 18.6 Å². The van der Waals surface area contributed by atoms with Crippen molar-refractivity contribution in [1.29, 1.82) is 0 Å². The lowest BCUT2D eigenvalue weighted by Gasteiger charge is -2.32. The van der Waals surface area contributed by atoms with Crippen LogP contribution < -0.4 is 5.84 Å². The molecule has 2 aliphatic heterocycles. The Hall–Kier alpha value is -2.94. The lowest BCUT2D eigenvalue weighted by molar-refractivity contribution is -0.149. The molecule has 9 nitrogen and oxygen atoms in total. The Morgan fingerprint density at radius 3 is 2.67 bits per heavy atom. The SMILES string of the molecule is NN=Cc1ccc(C2=NOC(C(=O)N3CCC(OCC(=O)O)CC3)C2)cc1. The Morgan fingerprint density at radius 2 is 2.04 bits per heavy atom. The molecule has 0 aliphatic carbocycles. The predicted molar refractivity (Wildman–Crippen MR) is 97.4 cm³/mol. The van der Waals surface area contributed by atoms with Gasteiger partial charge in [0.15, 0.2) is 0 Å². The third-order valence-electron chi connectivity index (χ3n) is 4.61. The summed E-state index contributed by atoms with van der Waals surface area (Å²) < 4.78 is 5.29. The minimum Gasteiger partial charge on any atom is -0.480 e. The van der Waals surface area contributed by atoms with Crippen LogP contribution in [0.1, 0.15) is 30.4 Å². The second-order valence-corrected chi connectivity index (χ2v) is 6.47. The number of carboxylic acids is 1. The van der Waals surface area contributed by atoms with Gasteiger partial charge in [0.25, 0.3) is 5.91 Å². The molecule has 27 heavy (non-hydrogen) atoms. The lowest BCUT2D eigenvalue weighted by Crippen LogP contribution is -2.45. The largest absolute Gasteiger partial charge is 0.480 e. The van der Waals surface area contributed by atoms with E-state index in [2.05, 4.69) is 10.3 Å². The Bertz CT molecular complexity index is 739. The standard InChI is InChI=1S/C18H22N4O5/c19-20-10-12-1-3-13(4-2-12)15-9-16(27-21-15)18(25)22-7-5-14(6-8-22)26-11-17(23)24/h1-4,10,14,16H,5-9,11,19H2,(H,23,24). The zero-order chi connectivity index (χ0) is 19.2. The van der Waals surface area contributed by atoms with Crippen molar-refractivity contribution in [1.82, 2.24) is 4.90 Å². The number of oxime groups is 1. The van der Waals surface area contributed by atoms with Gasteiger partial charge in [-0.25, -0.2) is 4.79 Å². The molecule has 1 aromatic carbocycles. The first-order chi connectivity index (χ1) is 13.1. The highest BCUT2D eigenvalue weighted by Crippen LogP contribution is 2.21. The summed E-state index contributed by atoms with van der Waals surface area (Å²) in [5.74, 6) is 4.05. The fourth-order valence-corrected chi connectivity index (χ4v) is 3.16. The van der Waals surface area contributed by atoms with Gasteiger partial charge in [0.1, 0.15) is 6.61 Å². The number of nitrogens with zero attached hydrogens (tertiary/aromatic N) is 3. The van der Waals surface area contributed by atoms with Crippen LogP contribution in [0.4, 0.5) is 0 Å². The summed E-state index contributed by atoms with van der Waals surface area (Å²) in [7, 11) is 0. The highest BCUT2D eigenvalue weighted by Gasteiger charge is 2.34. The number of nitrogens with two attached hydrogens (primary N) is 1. The molecule has 9 heteroatoms. The van der Waals surface area contributed by atoms with Gasteiger partial charge in [0.05, 0.1) is 18.0 Å². The van der Waals surface area contributed by atoms with E-state index in [0.717, 1.165) is 16.8 Å². The maximum Gasteiger partial charge on any atom is 0.329 e. The number of carboxylic acid groups (broad SMARTS) is 1. The third kappa shape index (κ3) is 4.82. The molecule has 3 N–H and O–H groups in total. The number of amides is 1. The molecule has 2 aliphatic rings. The molecule has 2 heterocycles. The molecule has 3 rings (SSSR count). The second-order valence-electron chi connectivity index (χ2n) is 6.47. The molecular formula is C18H22N4O5. The van der Waals surface area contributed by atoms with Crippen LogP contribution >= 0.6 is 0 Å². The quantitative estimate of drug-likeness (QED) is 0.426. The van der Waals surface area contributed by atoms with Crippen molar-refractivity contribution < 1.29 is 24.3 Å². The van der Waals surface area contributed by atoms with Gasteiger partial charge in [-0.1, -0.05) is 29.4 Å². The first-order valence-electron chi connectivity index (χ1n) is 8.75. The van der Waals surface area contributed by atoms with Gasteiger partial charge >= 0.3 is 5.97 Å². The van der Waals surface area contributed by atoms with E-state index < -0.39 is 12.1 Å². The van der Waals surface area contributed by atoms with E-state index in [9.17, 15) is 9.59 Å². The Balaban J connectivity index is 1.49. The number of hydrogen-bond donors (Lipinski definition) is 2. The van der Waals surface area contributed by atoms with E-state index in [0.29, 0.717) is 32.4 Å². The first kappa shape index (κ1) is 18.8. The number of benzene rings is 1. The second kappa shape index (κ2) is 8.63. The van der Waals surface area contributed by atoms with Crippen LogP contribution in [0.3, 0.4) is 0 Å². The summed E-state index contributed by atoms with van der Waals surface area (Å²) in [4.78, 5) is 30.3. The molecule has 0 radical (unpaired) electrons. The maximum atomic E-state index is 12.7. The van der Waals surface area contributed by atoms with Crippen molar-refractivity contribution in [2.24, 2.45) is 16.1 Å². The average Bonchev–Trinajstić information content (AvgIpc) is 3.17. The number of aliphatic carboxylic acids is 1. The summed E-state index contributed by atoms with van der Waals surface area (Å²) in [5.41, 5.74) is 2.49. The number of carbonyl (C=O) groups excluding carboxylic acids is 1. The zero-order valence-electron chi connectivity index (χ0n) is 14.8. The number of piperidine rings is 1. The third-order valence-corrected chi connectivity index (χ3v) is 4.61. The Kier molecular flexibility index (Phi) is 6.02. The molecule has 0 bridgehead atoms. The Morgan fingerprint density at radius 1 is 1.33 bits per heavy atom. The van der Waals surface area contributed by atoms with Crippen molar-refractivity contribution in [2.75, 3.05) is 19.7 Å². The van der Waals surface area contributed by atoms with Crippen LogP contribution in [0.25, 0.3) is 0 Å². The molecule has 1 unspecified atom stereocenters. The van der Waals surface area contributed by atoms with E-state index in [1.54, 1.807) is 11.1 Å². The summed E-state index contributed by atoms with van der Waals surface area (Å²) in [5, 5.41) is 16.2. The van der Waals surface area contributed by atoms with E-state index >= 15 is 0 Å². The first-order valence-corrected chi connectivity index (χ1v) is 8.75. The van der Waals surface area contributed by atoms with Crippen LogP contribution in [0.2, 0.25) is 0 Å². The van der Waals surface area contributed by atoms with Crippen molar-refractivity contribution in [3.05, 3.63) is 35.4 Å². The normalized spacial score (nSPS) is 20.5. The van der Waals surface area contributed by atoms with Gasteiger partial charge < -0.3 is 25.4 Å². The van der Waals surface area contributed by atoms with Crippen molar-refractivity contribution >= 4 is 23.8 Å². The molecule has 0 spiro atoms. The molecule has 1 atom stereocenters. The number of likely N-dealkylation sites (tertiary alicyclic amines) is 1. The molecule has 1 aromatic rings. The van der Waals surface area contributed by atoms with Crippen LogP contribution in [0.5, 0.6) is 0 Å². The topological polar surface area (TPSA) is 127 Å². The summed E-state index contributed by atoms with van der Waals surface area (Å²) in [6.07, 6.45) is 2.44. The highest BCUT2D eigenvalue weighted by atomic mass is 16.6. The van der Waals surface area contributed by atoms with E-state index in [1.807, 2.05) is 24.3 Å².